The quantitative estimate of drug-likeness (QED) is 0.836. The minimum Gasteiger partial charge on any atom is -0.381 e. The highest BCUT2D eigenvalue weighted by atomic mass is 35.5. The van der Waals surface area contributed by atoms with Gasteiger partial charge in [-0.15, -0.1) is 0 Å². The van der Waals surface area contributed by atoms with Gasteiger partial charge < -0.3 is 11.1 Å². The van der Waals surface area contributed by atoms with Crippen molar-refractivity contribution in [2.45, 2.75) is 37.8 Å². The third kappa shape index (κ3) is 2.66. The van der Waals surface area contributed by atoms with Gasteiger partial charge in [-0.1, -0.05) is 24.4 Å². The Morgan fingerprint density at radius 2 is 2.06 bits per heavy atom. The van der Waals surface area contributed by atoms with Crippen molar-refractivity contribution in [1.29, 1.82) is 0 Å². The van der Waals surface area contributed by atoms with Gasteiger partial charge in [-0.25, -0.2) is 4.39 Å². The summed E-state index contributed by atoms with van der Waals surface area (Å²) in [4.78, 5) is 0. The Morgan fingerprint density at radius 3 is 2.75 bits per heavy atom. The molecule has 1 aromatic rings. The summed E-state index contributed by atoms with van der Waals surface area (Å²) < 4.78 is 13.0. The van der Waals surface area contributed by atoms with Crippen molar-refractivity contribution < 1.29 is 4.39 Å². The van der Waals surface area contributed by atoms with E-state index >= 15 is 0 Å². The number of nitrogens with one attached hydrogen (secondary N) is 1. The SMILES string of the molecule is NC1CCCCC1Nc1ccc(F)c(Cl)c1. The van der Waals surface area contributed by atoms with Crippen LogP contribution in [0.3, 0.4) is 0 Å². The predicted octanol–water partition coefficient (Wildman–Crippen LogP) is 3.16. The zero-order valence-corrected chi connectivity index (χ0v) is 9.80. The molecule has 0 amide bonds. The van der Waals surface area contributed by atoms with E-state index < -0.39 is 0 Å². The van der Waals surface area contributed by atoms with Gasteiger partial charge in [-0.3, -0.25) is 0 Å². The fourth-order valence-electron chi connectivity index (χ4n) is 2.14. The second kappa shape index (κ2) is 5.02. The smallest absolute Gasteiger partial charge is 0.141 e. The Morgan fingerprint density at radius 1 is 1.31 bits per heavy atom. The van der Waals surface area contributed by atoms with Crippen molar-refractivity contribution in [3.05, 3.63) is 29.0 Å². The van der Waals surface area contributed by atoms with E-state index in [-0.39, 0.29) is 22.9 Å². The molecule has 1 saturated carbocycles. The van der Waals surface area contributed by atoms with E-state index in [9.17, 15) is 4.39 Å². The van der Waals surface area contributed by atoms with E-state index in [0.717, 1.165) is 18.5 Å². The van der Waals surface area contributed by atoms with Crippen LogP contribution in [0.25, 0.3) is 0 Å². The zero-order valence-electron chi connectivity index (χ0n) is 9.05. The maximum Gasteiger partial charge on any atom is 0.141 e. The standard InChI is InChI=1S/C12H16ClFN2/c13-9-7-8(5-6-10(9)14)16-12-4-2-1-3-11(12)15/h5-7,11-12,16H,1-4,15H2. The number of hydrogen-bond donors (Lipinski definition) is 2. The fraction of sp³-hybridized carbons (Fsp3) is 0.500. The topological polar surface area (TPSA) is 38.0 Å². The van der Waals surface area contributed by atoms with Crippen molar-refractivity contribution in [3.63, 3.8) is 0 Å². The molecule has 0 aliphatic heterocycles. The first kappa shape index (κ1) is 11.7. The molecule has 2 unspecified atom stereocenters. The van der Waals surface area contributed by atoms with E-state index in [4.69, 9.17) is 17.3 Å². The molecule has 0 spiro atoms. The molecule has 0 heterocycles. The number of rotatable bonds is 2. The first-order valence-corrected chi connectivity index (χ1v) is 6.02. The van der Waals surface area contributed by atoms with Gasteiger partial charge in [0.15, 0.2) is 0 Å². The number of nitrogens with two attached hydrogens (primary N) is 1. The minimum atomic E-state index is -0.389. The summed E-state index contributed by atoms with van der Waals surface area (Å²) in [6.07, 6.45) is 4.51. The predicted molar refractivity (Wildman–Crippen MR) is 65.3 cm³/mol. The summed E-state index contributed by atoms with van der Waals surface area (Å²) in [6, 6.07) is 5.13. The van der Waals surface area contributed by atoms with Gasteiger partial charge in [-0.2, -0.15) is 0 Å². The number of hydrogen-bond acceptors (Lipinski definition) is 2. The first-order valence-electron chi connectivity index (χ1n) is 5.64. The number of benzene rings is 1. The third-order valence-electron chi connectivity index (χ3n) is 3.09. The first-order chi connectivity index (χ1) is 7.66. The van der Waals surface area contributed by atoms with Gasteiger partial charge >= 0.3 is 0 Å². The van der Waals surface area contributed by atoms with Crippen LogP contribution in [0.2, 0.25) is 5.02 Å². The van der Waals surface area contributed by atoms with Gasteiger partial charge in [0, 0.05) is 17.8 Å². The summed E-state index contributed by atoms with van der Waals surface area (Å²) in [7, 11) is 0. The highest BCUT2D eigenvalue weighted by molar-refractivity contribution is 6.31. The van der Waals surface area contributed by atoms with Crippen LogP contribution in [0.5, 0.6) is 0 Å². The molecule has 2 nitrogen and oxygen atoms in total. The van der Waals surface area contributed by atoms with E-state index in [1.54, 1.807) is 12.1 Å². The average molecular weight is 243 g/mol. The molecule has 16 heavy (non-hydrogen) atoms. The van der Waals surface area contributed by atoms with Crippen LogP contribution in [0.1, 0.15) is 25.7 Å². The van der Waals surface area contributed by atoms with Crippen LogP contribution < -0.4 is 11.1 Å². The van der Waals surface area contributed by atoms with Gasteiger partial charge in [0.05, 0.1) is 5.02 Å². The molecule has 2 atom stereocenters. The molecule has 2 rings (SSSR count). The lowest BCUT2D eigenvalue weighted by Crippen LogP contribution is -2.42. The van der Waals surface area contributed by atoms with Crippen LogP contribution >= 0.6 is 11.6 Å². The van der Waals surface area contributed by atoms with E-state index in [0.29, 0.717) is 0 Å². The molecule has 0 radical (unpaired) electrons. The molecule has 3 N–H and O–H groups in total. The number of anilines is 1. The van der Waals surface area contributed by atoms with E-state index in [1.807, 2.05) is 0 Å². The Kier molecular flexibility index (Phi) is 3.66. The molecule has 1 aliphatic rings. The molecule has 0 aromatic heterocycles. The minimum absolute atomic E-state index is 0.148. The molecule has 88 valence electrons. The third-order valence-corrected chi connectivity index (χ3v) is 3.38. The lowest BCUT2D eigenvalue weighted by Gasteiger charge is -2.30. The van der Waals surface area contributed by atoms with Gasteiger partial charge in [0.1, 0.15) is 5.82 Å². The molecule has 0 bridgehead atoms. The second-order valence-electron chi connectivity index (χ2n) is 4.33. The van der Waals surface area contributed by atoms with Crippen molar-refractivity contribution in [1.82, 2.24) is 0 Å². The summed E-state index contributed by atoms with van der Waals surface area (Å²) in [6.45, 7) is 0. The van der Waals surface area contributed by atoms with E-state index in [1.165, 1.54) is 18.9 Å². The molecule has 0 saturated heterocycles. The van der Waals surface area contributed by atoms with Crippen LogP contribution in [0, 0.1) is 5.82 Å². The maximum atomic E-state index is 13.0. The monoisotopic (exact) mass is 242 g/mol. The summed E-state index contributed by atoms with van der Waals surface area (Å²) in [5.41, 5.74) is 6.87. The molecule has 1 aliphatic carbocycles. The molecular formula is C12H16ClFN2. The number of halogens is 2. The Hall–Kier alpha value is -0.800. The highest BCUT2D eigenvalue weighted by Crippen LogP contribution is 2.24. The van der Waals surface area contributed by atoms with Gasteiger partial charge in [0.25, 0.3) is 0 Å². The second-order valence-corrected chi connectivity index (χ2v) is 4.74. The van der Waals surface area contributed by atoms with Crippen LogP contribution in [0.15, 0.2) is 18.2 Å². The van der Waals surface area contributed by atoms with Gasteiger partial charge in [-0.05, 0) is 31.0 Å². The molecular weight excluding hydrogens is 227 g/mol. The molecule has 1 aromatic carbocycles. The summed E-state index contributed by atoms with van der Waals surface area (Å²) in [5.74, 6) is -0.389. The Balaban J connectivity index is 2.05. The van der Waals surface area contributed by atoms with Crippen LogP contribution in [-0.4, -0.2) is 12.1 Å². The van der Waals surface area contributed by atoms with Gasteiger partial charge in [0.2, 0.25) is 0 Å². The Bertz CT molecular complexity index is 370. The molecule has 4 heteroatoms. The lowest BCUT2D eigenvalue weighted by molar-refractivity contribution is 0.404. The maximum absolute atomic E-state index is 13.0. The largest absolute Gasteiger partial charge is 0.381 e. The average Bonchev–Trinajstić information content (AvgIpc) is 2.27. The van der Waals surface area contributed by atoms with Crippen molar-refractivity contribution in [2.75, 3.05) is 5.32 Å². The van der Waals surface area contributed by atoms with Crippen LogP contribution in [-0.2, 0) is 0 Å². The summed E-state index contributed by atoms with van der Waals surface area (Å²) >= 11 is 5.72. The van der Waals surface area contributed by atoms with Crippen LogP contribution in [0.4, 0.5) is 10.1 Å². The summed E-state index contributed by atoms with van der Waals surface area (Å²) in [5, 5.41) is 3.47. The fourth-order valence-corrected chi connectivity index (χ4v) is 2.32. The normalized spacial score (nSPS) is 25.4. The Labute approximate surface area is 100.0 Å². The highest BCUT2D eigenvalue weighted by Gasteiger charge is 2.21. The van der Waals surface area contributed by atoms with E-state index in [2.05, 4.69) is 5.32 Å². The molecule has 1 fully saturated rings. The lowest BCUT2D eigenvalue weighted by atomic mass is 9.91. The van der Waals surface area contributed by atoms with Crippen molar-refractivity contribution >= 4 is 17.3 Å². The zero-order chi connectivity index (χ0) is 11.5. The van der Waals surface area contributed by atoms with Crippen molar-refractivity contribution in [3.8, 4) is 0 Å². The van der Waals surface area contributed by atoms with Crippen molar-refractivity contribution in [2.24, 2.45) is 5.73 Å².